The van der Waals surface area contributed by atoms with Crippen molar-refractivity contribution in [2.75, 3.05) is 0 Å². The van der Waals surface area contributed by atoms with Crippen molar-refractivity contribution < 1.29 is 22.3 Å². The van der Waals surface area contributed by atoms with Gasteiger partial charge in [0.15, 0.2) is 11.6 Å². The largest absolute Gasteiger partial charge is 0.432 e. The minimum absolute atomic E-state index is 0.334. The number of hydrogen-bond donors (Lipinski definition) is 0. The van der Waals surface area contributed by atoms with Crippen molar-refractivity contribution in [3.05, 3.63) is 42.5 Å². The predicted octanol–water partition coefficient (Wildman–Crippen LogP) is 6.74. The van der Waals surface area contributed by atoms with Crippen molar-refractivity contribution in [1.82, 2.24) is 0 Å². The fourth-order valence-corrected chi connectivity index (χ4v) is 4.56. The fraction of sp³-hybridized carbons (Fsp3) is 0.619. The predicted molar refractivity (Wildman–Crippen MR) is 93.0 cm³/mol. The topological polar surface area (TPSA) is 9.23 Å². The van der Waals surface area contributed by atoms with Crippen LogP contribution in [0.3, 0.4) is 0 Å². The molecule has 0 amide bonds. The first-order valence-corrected chi connectivity index (χ1v) is 9.53. The molecular weight excluding hydrogens is 344 g/mol. The maximum atomic E-state index is 14.4. The Labute approximate surface area is 152 Å². The van der Waals surface area contributed by atoms with Crippen LogP contribution in [0.5, 0.6) is 5.75 Å². The smallest absolute Gasteiger partial charge is 0.400 e. The SMILES string of the molecule is C=CC1CCC(C2CCC(C(F)(F)Oc3ccc(F)c(F)c3)CC2)CC1. The van der Waals surface area contributed by atoms with Gasteiger partial charge in [-0.3, -0.25) is 0 Å². The fourth-order valence-electron chi connectivity index (χ4n) is 4.56. The van der Waals surface area contributed by atoms with Crippen LogP contribution in [0.4, 0.5) is 17.6 Å². The maximum absolute atomic E-state index is 14.4. The van der Waals surface area contributed by atoms with Gasteiger partial charge in [-0.05, 0) is 81.3 Å². The van der Waals surface area contributed by atoms with E-state index < -0.39 is 23.7 Å². The average Bonchev–Trinajstić information content (AvgIpc) is 2.65. The summed E-state index contributed by atoms with van der Waals surface area (Å²) in [5.74, 6) is -1.72. The third kappa shape index (κ3) is 4.41. The van der Waals surface area contributed by atoms with Crippen LogP contribution in [0.15, 0.2) is 30.9 Å². The van der Waals surface area contributed by atoms with Gasteiger partial charge >= 0.3 is 6.11 Å². The molecule has 3 rings (SSSR count). The standard InChI is InChI=1S/C21H26F4O/c1-2-14-3-5-15(6-4-14)16-7-9-17(10-8-16)21(24,25)26-18-11-12-19(22)20(23)13-18/h2,11-17H,1,3-10H2. The molecule has 0 unspecified atom stereocenters. The number of halogens is 4. The summed E-state index contributed by atoms with van der Waals surface area (Å²) in [5.41, 5.74) is 0. The van der Waals surface area contributed by atoms with Gasteiger partial charge in [-0.15, -0.1) is 6.58 Å². The lowest BCUT2D eigenvalue weighted by molar-refractivity contribution is -0.224. The highest BCUT2D eigenvalue weighted by Crippen LogP contribution is 2.45. The van der Waals surface area contributed by atoms with Crippen LogP contribution < -0.4 is 4.74 Å². The monoisotopic (exact) mass is 370 g/mol. The molecule has 144 valence electrons. The average molecular weight is 370 g/mol. The lowest BCUT2D eigenvalue weighted by Crippen LogP contribution is -2.38. The highest BCUT2D eigenvalue weighted by molar-refractivity contribution is 5.24. The summed E-state index contributed by atoms with van der Waals surface area (Å²) in [6, 6.07) is 2.51. The summed E-state index contributed by atoms with van der Waals surface area (Å²) in [6.45, 7) is 3.86. The molecule has 0 aromatic heterocycles. The van der Waals surface area contributed by atoms with E-state index in [4.69, 9.17) is 4.74 Å². The quantitative estimate of drug-likeness (QED) is 0.412. The van der Waals surface area contributed by atoms with Crippen molar-refractivity contribution in [3.8, 4) is 5.75 Å². The van der Waals surface area contributed by atoms with E-state index in [9.17, 15) is 17.6 Å². The molecule has 0 atom stereocenters. The van der Waals surface area contributed by atoms with E-state index in [2.05, 4.69) is 6.58 Å². The molecule has 2 aliphatic rings. The van der Waals surface area contributed by atoms with Crippen LogP contribution in [0.1, 0.15) is 51.4 Å². The highest BCUT2D eigenvalue weighted by atomic mass is 19.3. The molecule has 0 aliphatic heterocycles. The second-order valence-electron chi connectivity index (χ2n) is 7.76. The Bertz CT molecular complexity index is 614. The van der Waals surface area contributed by atoms with Crippen molar-refractivity contribution >= 4 is 0 Å². The summed E-state index contributed by atoms with van der Waals surface area (Å²) in [7, 11) is 0. The van der Waals surface area contributed by atoms with Crippen molar-refractivity contribution in [2.24, 2.45) is 23.7 Å². The molecule has 1 aromatic rings. The third-order valence-electron chi connectivity index (χ3n) is 6.21. The van der Waals surface area contributed by atoms with Crippen LogP contribution in [0, 0.1) is 35.3 Å². The van der Waals surface area contributed by atoms with E-state index in [-0.39, 0.29) is 5.75 Å². The lowest BCUT2D eigenvalue weighted by atomic mass is 9.69. The molecule has 0 N–H and O–H groups in total. The van der Waals surface area contributed by atoms with Crippen LogP contribution in [-0.2, 0) is 0 Å². The van der Waals surface area contributed by atoms with Crippen LogP contribution in [-0.4, -0.2) is 6.11 Å². The van der Waals surface area contributed by atoms with Gasteiger partial charge in [0, 0.05) is 6.07 Å². The van der Waals surface area contributed by atoms with Gasteiger partial charge in [0.2, 0.25) is 0 Å². The highest BCUT2D eigenvalue weighted by Gasteiger charge is 2.45. The zero-order valence-electron chi connectivity index (χ0n) is 14.9. The Morgan fingerprint density at radius 2 is 1.46 bits per heavy atom. The first-order chi connectivity index (χ1) is 12.4. The first-order valence-electron chi connectivity index (χ1n) is 9.53. The molecule has 0 radical (unpaired) electrons. The van der Waals surface area contributed by atoms with Crippen molar-refractivity contribution in [1.29, 1.82) is 0 Å². The van der Waals surface area contributed by atoms with Gasteiger partial charge in [0.1, 0.15) is 5.75 Å². The maximum Gasteiger partial charge on any atom is 0.400 e. The molecular formula is C21H26F4O. The minimum atomic E-state index is -3.37. The molecule has 2 saturated carbocycles. The van der Waals surface area contributed by atoms with E-state index in [1.807, 2.05) is 6.08 Å². The number of alkyl halides is 2. The zero-order valence-corrected chi connectivity index (χ0v) is 14.9. The first kappa shape index (κ1) is 19.2. The van der Waals surface area contributed by atoms with Crippen molar-refractivity contribution in [3.63, 3.8) is 0 Å². The Hall–Kier alpha value is -1.52. The van der Waals surface area contributed by atoms with Gasteiger partial charge in [-0.2, -0.15) is 8.78 Å². The van der Waals surface area contributed by atoms with E-state index >= 15 is 0 Å². The van der Waals surface area contributed by atoms with Crippen molar-refractivity contribution in [2.45, 2.75) is 57.5 Å². The van der Waals surface area contributed by atoms with E-state index in [1.165, 1.54) is 0 Å². The summed E-state index contributed by atoms with van der Waals surface area (Å²) < 4.78 is 59.8. The Balaban J connectivity index is 1.53. The summed E-state index contributed by atoms with van der Waals surface area (Å²) in [5, 5.41) is 0. The summed E-state index contributed by atoms with van der Waals surface area (Å²) in [6.07, 6.45) is 5.68. The van der Waals surface area contributed by atoms with Gasteiger partial charge in [-0.1, -0.05) is 6.08 Å². The molecule has 26 heavy (non-hydrogen) atoms. The van der Waals surface area contributed by atoms with Crippen LogP contribution in [0.25, 0.3) is 0 Å². The van der Waals surface area contributed by atoms with E-state index in [1.54, 1.807) is 0 Å². The van der Waals surface area contributed by atoms with E-state index in [0.29, 0.717) is 36.7 Å². The molecule has 0 saturated heterocycles. The molecule has 2 aliphatic carbocycles. The summed E-state index contributed by atoms with van der Waals surface area (Å²) in [4.78, 5) is 0. The van der Waals surface area contributed by atoms with Crippen LogP contribution >= 0.6 is 0 Å². The Morgan fingerprint density at radius 3 is 2.00 bits per heavy atom. The second kappa shape index (κ2) is 8.01. The lowest BCUT2D eigenvalue weighted by Gasteiger charge is -2.38. The minimum Gasteiger partial charge on any atom is -0.432 e. The van der Waals surface area contributed by atoms with Gasteiger partial charge in [-0.25, -0.2) is 8.78 Å². The molecule has 0 bridgehead atoms. The van der Waals surface area contributed by atoms with Gasteiger partial charge in [0.05, 0.1) is 5.92 Å². The number of rotatable bonds is 5. The van der Waals surface area contributed by atoms with Gasteiger partial charge < -0.3 is 4.74 Å². The molecule has 0 heterocycles. The molecule has 1 aromatic carbocycles. The second-order valence-corrected chi connectivity index (χ2v) is 7.76. The number of benzene rings is 1. The Morgan fingerprint density at radius 1 is 0.885 bits per heavy atom. The molecule has 5 heteroatoms. The molecule has 2 fully saturated rings. The zero-order chi connectivity index (χ0) is 18.7. The van der Waals surface area contributed by atoms with Crippen LogP contribution in [0.2, 0.25) is 0 Å². The normalized spacial score (nSPS) is 30.0. The number of hydrogen-bond acceptors (Lipinski definition) is 1. The number of ether oxygens (including phenoxy) is 1. The number of allylic oxidation sites excluding steroid dienone is 1. The third-order valence-corrected chi connectivity index (χ3v) is 6.21. The summed E-state index contributed by atoms with van der Waals surface area (Å²) >= 11 is 0. The van der Waals surface area contributed by atoms with Gasteiger partial charge in [0.25, 0.3) is 0 Å². The Kier molecular flexibility index (Phi) is 5.93. The molecule has 0 spiro atoms. The van der Waals surface area contributed by atoms with E-state index in [0.717, 1.165) is 50.7 Å². The molecule has 1 nitrogen and oxygen atoms in total.